The van der Waals surface area contributed by atoms with Crippen LogP contribution in [0, 0.1) is 0 Å². The van der Waals surface area contributed by atoms with Gasteiger partial charge in [-0.15, -0.1) is 11.8 Å². The predicted octanol–water partition coefficient (Wildman–Crippen LogP) is 2.40. The summed E-state index contributed by atoms with van der Waals surface area (Å²) in [5.41, 5.74) is 6.68. The van der Waals surface area contributed by atoms with Crippen molar-refractivity contribution >= 4 is 23.4 Å². The van der Waals surface area contributed by atoms with Gasteiger partial charge < -0.3 is 15.7 Å². The van der Waals surface area contributed by atoms with Crippen LogP contribution in [0.2, 0.25) is 0 Å². The molecule has 18 heavy (non-hydrogen) atoms. The molecule has 0 bridgehead atoms. The highest BCUT2D eigenvalue weighted by Crippen LogP contribution is 2.29. The third-order valence-electron chi connectivity index (χ3n) is 2.82. The first kappa shape index (κ1) is 14.9. The largest absolute Gasteiger partial charge is 0.478 e. The number of carboxylic acids is 1. The molecule has 0 fully saturated rings. The van der Waals surface area contributed by atoms with Crippen LogP contribution in [-0.2, 0) is 0 Å². The van der Waals surface area contributed by atoms with Crippen LogP contribution < -0.4 is 5.73 Å². The SMILES string of the molecule is CCN(CC)CCSc1c(N)cccc1C(=O)O. The van der Waals surface area contributed by atoms with Gasteiger partial charge >= 0.3 is 5.97 Å². The second-order valence-corrected chi connectivity index (χ2v) is 5.01. The van der Waals surface area contributed by atoms with Crippen molar-refractivity contribution in [3.63, 3.8) is 0 Å². The number of nitrogens with two attached hydrogens (primary N) is 1. The third kappa shape index (κ3) is 3.92. The average Bonchev–Trinajstić information content (AvgIpc) is 2.36. The minimum Gasteiger partial charge on any atom is -0.478 e. The number of anilines is 1. The Kier molecular flexibility index (Phi) is 6.01. The van der Waals surface area contributed by atoms with Gasteiger partial charge in [-0.05, 0) is 25.2 Å². The second kappa shape index (κ2) is 7.28. The van der Waals surface area contributed by atoms with Crippen LogP contribution in [0.4, 0.5) is 5.69 Å². The molecule has 0 heterocycles. The first-order chi connectivity index (χ1) is 8.60. The lowest BCUT2D eigenvalue weighted by molar-refractivity contribution is 0.0693. The lowest BCUT2D eigenvalue weighted by Crippen LogP contribution is -2.25. The van der Waals surface area contributed by atoms with Crippen molar-refractivity contribution in [2.75, 3.05) is 31.1 Å². The molecule has 3 N–H and O–H groups in total. The number of hydrogen-bond acceptors (Lipinski definition) is 4. The van der Waals surface area contributed by atoms with Crippen LogP contribution in [0.25, 0.3) is 0 Å². The van der Waals surface area contributed by atoms with E-state index in [1.165, 1.54) is 11.8 Å². The lowest BCUT2D eigenvalue weighted by atomic mass is 10.2. The number of hydrogen-bond donors (Lipinski definition) is 2. The van der Waals surface area contributed by atoms with Crippen LogP contribution >= 0.6 is 11.8 Å². The number of carboxylic acid groups (broad SMARTS) is 1. The fourth-order valence-electron chi connectivity index (χ4n) is 1.70. The molecule has 0 saturated heterocycles. The molecule has 0 aromatic heterocycles. The van der Waals surface area contributed by atoms with Crippen molar-refractivity contribution < 1.29 is 9.90 Å². The van der Waals surface area contributed by atoms with Crippen molar-refractivity contribution in [2.45, 2.75) is 18.7 Å². The van der Waals surface area contributed by atoms with E-state index >= 15 is 0 Å². The summed E-state index contributed by atoms with van der Waals surface area (Å²) in [6.45, 7) is 7.19. The Morgan fingerprint density at radius 2 is 2.06 bits per heavy atom. The van der Waals surface area contributed by atoms with Crippen molar-refractivity contribution in [3.8, 4) is 0 Å². The van der Waals surface area contributed by atoms with Gasteiger partial charge in [-0.2, -0.15) is 0 Å². The summed E-state index contributed by atoms with van der Waals surface area (Å²) in [6.07, 6.45) is 0. The summed E-state index contributed by atoms with van der Waals surface area (Å²) in [6, 6.07) is 5.01. The predicted molar refractivity (Wildman–Crippen MR) is 76.3 cm³/mol. The van der Waals surface area contributed by atoms with Crippen LogP contribution in [0.5, 0.6) is 0 Å². The van der Waals surface area contributed by atoms with E-state index in [0.717, 1.165) is 25.4 Å². The number of nitrogen functional groups attached to an aromatic ring is 1. The average molecular weight is 268 g/mol. The standard InChI is InChI=1S/C13H20N2O2S/c1-3-15(4-2)8-9-18-12-10(13(16)17)6-5-7-11(12)14/h5-7H,3-4,8-9,14H2,1-2H3,(H,16,17). The first-order valence-corrected chi connectivity index (χ1v) is 7.05. The molecule has 0 amide bonds. The van der Waals surface area contributed by atoms with Gasteiger partial charge in [0.05, 0.1) is 5.56 Å². The number of carbonyl (C=O) groups is 1. The molecule has 0 aliphatic carbocycles. The highest BCUT2D eigenvalue weighted by atomic mass is 32.2. The highest BCUT2D eigenvalue weighted by molar-refractivity contribution is 7.99. The zero-order valence-corrected chi connectivity index (χ0v) is 11.7. The van der Waals surface area contributed by atoms with Crippen molar-refractivity contribution in [1.82, 2.24) is 4.90 Å². The zero-order chi connectivity index (χ0) is 13.5. The van der Waals surface area contributed by atoms with Crippen LogP contribution in [0.1, 0.15) is 24.2 Å². The molecular weight excluding hydrogens is 248 g/mol. The maximum Gasteiger partial charge on any atom is 0.336 e. The Hall–Kier alpha value is -1.20. The molecule has 0 saturated carbocycles. The number of benzene rings is 1. The maximum atomic E-state index is 11.1. The molecular formula is C13H20N2O2S. The summed E-state index contributed by atoms with van der Waals surface area (Å²) in [4.78, 5) is 14.1. The quantitative estimate of drug-likeness (QED) is 0.587. The van der Waals surface area contributed by atoms with Crippen LogP contribution in [0.15, 0.2) is 23.1 Å². The van der Waals surface area contributed by atoms with E-state index in [-0.39, 0.29) is 0 Å². The second-order valence-electron chi connectivity index (χ2n) is 3.90. The van der Waals surface area contributed by atoms with Gasteiger partial charge in [-0.1, -0.05) is 19.9 Å². The molecule has 0 unspecified atom stereocenters. The molecule has 0 spiro atoms. The molecule has 0 aliphatic heterocycles. The van der Waals surface area contributed by atoms with E-state index in [1.54, 1.807) is 18.2 Å². The maximum absolute atomic E-state index is 11.1. The molecule has 0 aliphatic rings. The number of rotatable bonds is 7. The van der Waals surface area contributed by atoms with E-state index in [9.17, 15) is 4.79 Å². The summed E-state index contributed by atoms with van der Waals surface area (Å²) in [5.74, 6) is -0.0801. The Bertz CT molecular complexity index is 406. The lowest BCUT2D eigenvalue weighted by Gasteiger charge is -2.18. The summed E-state index contributed by atoms with van der Waals surface area (Å²) in [7, 11) is 0. The van der Waals surface area contributed by atoms with Gasteiger partial charge in [0.25, 0.3) is 0 Å². The molecule has 1 aromatic rings. The molecule has 0 atom stereocenters. The molecule has 5 heteroatoms. The summed E-state index contributed by atoms with van der Waals surface area (Å²) in [5, 5.41) is 9.11. The normalized spacial score (nSPS) is 10.8. The fraction of sp³-hybridized carbons (Fsp3) is 0.462. The minimum absolute atomic E-state index is 0.291. The van der Waals surface area contributed by atoms with Crippen molar-refractivity contribution in [2.24, 2.45) is 0 Å². The topological polar surface area (TPSA) is 66.6 Å². The van der Waals surface area contributed by atoms with Crippen molar-refractivity contribution in [3.05, 3.63) is 23.8 Å². The van der Waals surface area contributed by atoms with Crippen LogP contribution in [-0.4, -0.2) is 41.4 Å². The number of nitrogens with zero attached hydrogens (tertiary/aromatic N) is 1. The molecule has 0 radical (unpaired) electrons. The monoisotopic (exact) mass is 268 g/mol. The minimum atomic E-state index is -0.923. The number of aromatic carboxylic acids is 1. The Morgan fingerprint density at radius 1 is 1.39 bits per heavy atom. The molecule has 100 valence electrons. The highest BCUT2D eigenvalue weighted by Gasteiger charge is 2.13. The molecule has 4 nitrogen and oxygen atoms in total. The van der Waals surface area contributed by atoms with Gasteiger partial charge in [-0.3, -0.25) is 0 Å². The van der Waals surface area contributed by atoms with Gasteiger partial charge in [0, 0.05) is 22.9 Å². The number of thioether (sulfide) groups is 1. The van der Waals surface area contributed by atoms with Gasteiger partial charge in [-0.25, -0.2) is 4.79 Å². The van der Waals surface area contributed by atoms with Crippen LogP contribution in [0.3, 0.4) is 0 Å². The van der Waals surface area contributed by atoms with E-state index in [1.807, 2.05) is 0 Å². The van der Waals surface area contributed by atoms with E-state index < -0.39 is 5.97 Å². The Labute approximate surface area is 112 Å². The molecule has 1 rings (SSSR count). The fourth-order valence-corrected chi connectivity index (χ4v) is 2.80. The Balaban J connectivity index is 2.69. The van der Waals surface area contributed by atoms with E-state index in [0.29, 0.717) is 16.1 Å². The molecule has 1 aromatic carbocycles. The smallest absolute Gasteiger partial charge is 0.336 e. The van der Waals surface area contributed by atoms with Crippen molar-refractivity contribution in [1.29, 1.82) is 0 Å². The zero-order valence-electron chi connectivity index (χ0n) is 10.8. The van der Waals surface area contributed by atoms with Gasteiger partial charge in [0.1, 0.15) is 0 Å². The third-order valence-corrected chi connectivity index (χ3v) is 3.96. The van der Waals surface area contributed by atoms with Gasteiger partial charge in [0.15, 0.2) is 0 Å². The van der Waals surface area contributed by atoms with E-state index in [4.69, 9.17) is 10.8 Å². The summed E-state index contributed by atoms with van der Waals surface area (Å²) < 4.78 is 0. The first-order valence-electron chi connectivity index (χ1n) is 6.07. The van der Waals surface area contributed by atoms with Gasteiger partial charge in [0.2, 0.25) is 0 Å². The van der Waals surface area contributed by atoms with E-state index in [2.05, 4.69) is 18.7 Å². The summed E-state index contributed by atoms with van der Waals surface area (Å²) >= 11 is 1.51. The Morgan fingerprint density at radius 3 is 2.61 bits per heavy atom.